The van der Waals surface area contributed by atoms with Gasteiger partial charge < -0.3 is 28.1 Å². The molecule has 0 atom stereocenters. The Morgan fingerprint density at radius 3 is 2.36 bits per heavy atom. The van der Waals surface area contributed by atoms with Crippen molar-refractivity contribution in [3.63, 3.8) is 0 Å². The summed E-state index contributed by atoms with van der Waals surface area (Å²) < 4.78 is 31.6. The average Bonchev–Trinajstić information content (AvgIpc) is 3.43. The molecule has 1 fully saturated rings. The van der Waals surface area contributed by atoms with E-state index in [1.54, 1.807) is 30.3 Å². The molecule has 1 aliphatic rings. The summed E-state index contributed by atoms with van der Waals surface area (Å²) in [6.45, 7) is -0.00452. The normalized spacial score (nSPS) is 14.2. The lowest BCUT2D eigenvalue weighted by molar-refractivity contribution is -0.122. The van der Waals surface area contributed by atoms with Gasteiger partial charge in [-0.1, -0.05) is 6.07 Å². The van der Waals surface area contributed by atoms with E-state index in [2.05, 4.69) is 10.1 Å². The van der Waals surface area contributed by atoms with E-state index in [0.29, 0.717) is 28.6 Å². The van der Waals surface area contributed by atoms with Crippen molar-refractivity contribution >= 4 is 35.6 Å². The molecular formula is C27H24N2O10. The average molecular weight is 536 g/mol. The van der Waals surface area contributed by atoms with E-state index in [1.165, 1.54) is 52.7 Å². The van der Waals surface area contributed by atoms with Gasteiger partial charge in [-0.3, -0.25) is 14.9 Å². The zero-order valence-electron chi connectivity index (χ0n) is 21.4. The number of hydrogen-bond acceptors (Lipinski definition) is 10. The van der Waals surface area contributed by atoms with Gasteiger partial charge in [0.1, 0.15) is 29.4 Å². The lowest BCUT2D eigenvalue weighted by atomic mass is 10.1. The molecule has 3 aromatic rings. The van der Waals surface area contributed by atoms with Crippen LogP contribution in [0.4, 0.5) is 10.5 Å². The van der Waals surface area contributed by atoms with Crippen LogP contribution in [0.2, 0.25) is 0 Å². The highest BCUT2D eigenvalue weighted by molar-refractivity contribution is 6.39. The molecule has 39 heavy (non-hydrogen) atoms. The van der Waals surface area contributed by atoms with Crippen molar-refractivity contribution in [1.29, 1.82) is 0 Å². The van der Waals surface area contributed by atoms with Gasteiger partial charge >= 0.3 is 12.0 Å². The number of rotatable bonds is 9. The molecule has 4 rings (SSSR count). The van der Waals surface area contributed by atoms with Crippen molar-refractivity contribution in [2.24, 2.45) is 0 Å². The Morgan fingerprint density at radius 2 is 1.67 bits per heavy atom. The van der Waals surface area contributed by atoms with E-state index in [1.807, 2.05) is 0 Å². The number of barbiturate groups is 1. The Kier molecular flexibility index (Phi) is 7.85. The number of carbonyl (C=O) groups is 4. The van der Waals surface area contributed by atoms with Crippen molar-refractivity contribution in [3.05, 3.63) is 71.2 Å². The number of ether oxygens (including phenoxy) is 5. The number of hydrogen-bond donors (Lipinski definition) is 1. The fraction of sp³-hybridized carbons (Fsp3) is 0.185. The van der Waals surface area contributed by atoms with Crippen molar-refractivity contribution < 1.29 is 47.3 Å². The molecule has 12 nitrogen and oxygen atoms in total. The Balaban J connectivity index is 1.58. The molecule has 1 N–H and O–H groups in total. The standard InChI is InChI=1S/C27H24N2O10/c1-34-16-6-8-19(22(13-16)35-2)29-25(31)18(24(30)28-27(29)33)11-15-5-9-20(23(12-15)36-3)38-14-17-7-10-21(39-17)26(32)37-4/h5-13H,14H2,1-4H3,(H,28,30,33). The summed E-state index contributed by atoms with van der Waals surface area (Å²) in [7, 11) is 5.52. The molecule has 0 spiro atoms. The molecule has 202 valence electrons. The van der Waals surface area contributed by atoms with E-state index in [9.17, 15) is 19.2 Å². The zero-order valence-corrected chi connectivity index (χ0v) is 21.4. The number of urea groups is 1. The van der Waals surface area contributed by atoms with Gasteiger partial charge in [0.05, 0.1) is 34.1 Å². The molecule has 2 heterocycles. The van der Waals surface area contributed by atoms with Gasteiger partial charge in [0.2, 0.25) is 5.76 Å². The highest BCUT2D eigenvalue weighted by Gasteiger charge is 2.38. The molecule has 12 heteroatoms. The molecular weight excluding hydrogens is 512 g/mol. The molecule has 0 bridgehead atoms. The molecule has 4 amide bonds. The number of carbonyl (C=O) groups excluding carboxylic acids is 4. The van der Waals surface area contributed by atoms with Gasteiger partial charge in [-0.2, -0.15) is 0 Å². The monoisotopic (exact) mass is 536 g/mol. The van der Waals surface area contributed by atoms with Crippen molar-refractivity contribution in [1.82, 2.24) is 5.32 Å². The van der Waals surface area contributed by atoms with Crippen molar-refractivity contribution in [3.8, 4) is 23.0 Å². The summed E-state index contributed by atoms with van der Waals surface area (Å²) in [4.78, 5) is 50.9. The zero-order chi connectivity index (χ0) is 28.1. The summed E-state index contributed by atoms with van der Waals surface area (Å²) in [5.74, 6) is -0.580. The van der Waals surface area contributed by atoms with Crippen LogP contribution in [0, 0.1) is 0 Å². The first-order chi connectivity index (χ1) is 18.8. The van der Waals surface area contributed by atoms with Gasteiger partial charge in [-0.15, -0.1) is 0 Å². The Bertz CT molecular complexity index is 1470. The second-order valence-electron chi connectivity index (χ2n) is 7.95. The lowest BCUT2D eigenvalue weighted by Gasteiger charge is -2.27. The number of esters is 1. The highest BCUT2D eigenvalue weighted by atomic mass is 16.5. The van der Waals surface area contributed by atoms with Crippen LogP contribution in [-0.4, -0.2) is 52.3 Å². The maximum Gasteiger partial charge on any atom is 0.373 e. The minimum Gasteiger partial charge on any atom is -0.497 e. The maximum atomic E-state index is 13.3. The minimum absolute atomic E-state index is 0.00452. The summed E-state index contributed by atoms with van der Waals surface area (Å²) in [6.07, 6.45) is 1.33. The van der Waals surface area contributed by atoms with E-state index >= 15 is 0 Å². The first-order valence-corrected chi connectivity index (χ1v) is 11.4. The predicted molar refractivity (Wildman–Crippen MR) is 136 cm³/mol. The molecule has 0 saturated carbocycles. The van der Waals surface area contributed by atoms with Crippen LogP contribution in [-0.2, 0) is 20.9 Å². The van der Waals surface area contributed by atoms with E-state index in [4.69, 9.17) is 23.4 Å². The molecule has 1 aliphatic heterocycles. The molecule has 0 radical (unpaired) electrons. The summed E-state index contributed by atoms with van der Waals surface area (Å²) >= 11 is 0. The third kappa shape index (κ3) is 5.54. The number of methoxy groups -OCH3 is 4. The highest BCUT2D eigenvalue weighted by Crippen LogP contribution is 2.35. The number of benzene rings is 2. The molecule has 0 aliphatic carbocycles. The fourth-order valence-electron chi connectivity index (χ4n) is 3.72. The van der Waals surface area contributed by atoms with Gasteiger partial charge in [-0.25, -0.2) is 14.5 Å². The van der Waals surface area contributed by atoms with Gasteiger partial charge in [0, 0.05) is 6.07 Å². The Labute approximate surface area is 222 Å². The molecule has 2 aromatic carbocycles. The lowest BCUT2D eigenvalue weighted by Crippen LogP contribution is -2.54. The van der Waals surface area contributed by atoms with Crippen LogP contribution in [0.25, 0.3) is 6.08 Å². The second-order valence-corrected chi connectivity index (χ2v) is 7.95. The number of furan rings is 1. The smallest absolute Gasteiger partial charge is 0.373 e. The van der Waals surface area contributed by atoms with Crippen molar-refractivity contribution in [2.75, 3.05) is 33.3 Å². The van der Waals surface area contributed by atoms with Crippen LogP contribution in [0.15, 0.2) is 58.5 Å². The van der Waals surface area contributed by atoms with Crippen LogP contribution >= 0.6 is 0 Å². The summed E-state index contributed by atoms with van der Waals surface area (Å²) in [5, 5.41) is 2.17. The SMILES string of the molecule is COC(=O)c1ccc(COc2ccc(C=C3C(=O)NC(=O)N(c4ccc(OC)cc4OC)C3=O)cc2OC)o1. The van der Waals surface area contributed by atoms with E-state index in [0.717, 1.165) is 4.90 Å². The third-order valence-corrected chi connectivity index (χ3v) is 5.65. The van der Waals surface area contributed by atoms with Crippen molar-refractivity contribution in [2.45, 2.75) is 6.61 Å². The predicted octanol–water partition coefficient (Wildman–Crippen LogP) is 3.34. The fourth-order valence-corrected chi connectivity index (χ4v) is 3.72. The number of amides is 4. The first kappa shape index (κ1) is 26.8. The number of anilines is 1. The topological polar surface area (TPSA) is 143 Å². The largest absolute Gasteiger partial charge is 0.497 e. The third-order valence-electron chi connectivity index (χ3n) is 5.65. The minimum atomic E-state index is -0.916. The number of nitrogens with one attached hydrogen (secondary N) is 1. The maximum absolute atomic E-state index is 13.3. The van der Waals surface area contributed by atoms with Gasteiger partial charge in [-0.05, 0) is 48.0 Å². The summed E-state index contributed by atoms with van der Waals surface area (Å²) in [5.41, 5.74) is 0.280. The van der Waals surface area contributed by atoms with Crippen LogP contribution in [0.3, 0.4) is 0 Å². The van der Waals surface area contributed by atoms with Gasteiger partial charge in [0.15, 0.2) is 11.5 Å². The van der Waals surface area contributed by atoms with Crippen LogP contribution in [0.1, 0.15) is 21.9 Å². The Hall–Kier alpha value is -5.26. The van der Waals surface area contributed by atoms with Crippen LogP contribution in [0.5, 0.6) is 23.0 Å². The number of imide groups is 2. The second kappa shape index (κ2) is 11.4. The number of nitrogens with zero attached hydrogens (tertiary/aromatic N) is 1. The molecule has 1 aromatic heterocycles. The van der Waals surface area contributed by atoms with E-state index in [-0.39, 0.29) is 29.4 Å². The van der Waals surface area contributed by atoms with Gasteiger partial charge in [0.25, 0.3) is 11.8 Å². The molecule has 0 unspecified atom stereocenters. The van der Waals surface area contributed by atoms with Crippen LogP contribution < -0.4 is 29.2 Å². The molecule has 1 saturated heterocycles. The quantitative estimate of drug-likeness (QED) is 0.246. The summed E-state index contributed by atoms with van der Waals surface area (Å²) in [6, 6.07) is 11.4. The first-order valence-electron chi connectivity index (χ1n) is 11.4. The van der Waals surface area contributed by atoms with E-state index < -0.39 is 23.8 Å². The Morgan fingerprint density at radius 1 is 0.897 bits per heavy atom.